The fourth-order valence-corrected chi connectivity index (χ4v) is 3.01. The molecule has 1 aromatic rings. The Labute approximate surface area is 115 Å². The molecule has 0 aliphatic heterocycles. The first kappa shape index (κ1) is 15.7. The van der Waals surface area contributed by atoms with E-state index in [1.165, 1.54) is 13.8 Å². The molecule has 0 aromatic heterocycles. The van der Waals surface area contributed by atoms with E-state index in [2.05, 4.69) is 4.72 Å². The van der Waals surface area contributed by atoms with Gasteiger partial charge in [-0.2, -0.15) is 0 Å². The Morgan fingerprint density at radius 3 is 2.44 bits per heavy atom. The first-order chi connectivity index (χ1) is 8.04. The van der Waals surface area contributed by atoms with Gasteiger partial charge < -0.3 is 5.11 Å². The van der Waals surface area contributed by atoms with Gasteiger partial charge in [0.05, 0.1) is 15.6 Å². The SMILES string of the molecule is CC(C)(O)CNS(=O)(=O)c1ccc(Cl)c(F)c1Cl. The first-order valence-corrected chi connectivity index (χ1v) is 7.14. The average Bonchev–Trinajstić information content (AvgIpc) is 2.22. The van der Waals surface area contributed by atoms with Crippen LogP contribution in [0, 0.1) is 5.82 Å². The van der Waals surface area contributed by atoms with Gasteiger partial charge in [0.15, 0.2) is 5.82 Å². The number of sulfonamides is 1. The summed E-state index contributed by atoms with van der Waals surface area (Å²) < 4.78 is 39.2. The molecule has 0 aliphatic rings. The summed E-state index contributed by atoms with van der Waals surface area (Å²) in [5, 5.41) is 8.60. The molecule has 0 atom stereocenters. The van der Waals surface area contributed by atoms with Crippen LogP contribution < -0.4 is 4.72 Å². The number of aliphatic hydroxyl groups is 1. The van der Waals surface area contributed by atoms with Crippen molar-refractivity contribution < 1.29 is 17.9 Å². The normalized spacial score (nSPS) is 12.8. The summed E-state index contributed by atoms with van der Waals surface area (Å²) in [6.45, 7) is 2.63. The Bertz CT molecular complexity index is 555. The van der Waals surface area contributed by atoms with Crippen LogP contribution in [-0.4, -0.2) is 25.7 Å². The average molecular weight is 316 g/mol. The maximum absolute atomic E-state index is 13.4. The third-order valence-corrected chi connectivity index (χ3v) is 4.20. The Morgan fingerprint density at radius 1 is 1.39 bits per heavy atom. The van der Waals surface area contributed by atoms with E-state index in [9.17, 15) is 17.9 Å². The molecule has 1 rings (SSSR count). The van der Waals surface area contributed by atoms with Gasteiger partial charge in [-0.1, -0.05) is 23.2 Å². The van der Waals surface area contributed by atoms with Gasteiger partial charge in [0, 0.05) is 6.54 Å². The molecule has 0 unspecified atom stereocenters. The van der Waals surface area contributed by atoms with Crippen LogP contribution in [-0.2, 0) is 10.0 Å². The number of nitrogens with one attached hydrogen (secondary N) is 1. The van der Waals surface area contributed by atoms with E-state index >= 15 is 0 Å². The van der Waals surface area contributed by atoms with Crippen LogP contribution >= 0.6 is 23.2 Å². The monoisotopic (exact) mass is 315 g/mol. The van der Waals surface area contributed by atoms with Crippen molar-refractivity contribution in [3.05, 3.63) is 28.0 Å². The zero-order valence-corrected chi connectivity index (χ0v) is 12.0. The molecule has 0 saturated heterocycles. The van der Waals surface area contributed by atoms with Gasteiger partial charge >= 0.3 is 0 Å². The van der Waals surface area contributed by atoms with E-state index < -0.39 is 31.4 Å². The highest BCUT2D eigenvalue weighted by Gasteiger charge is 2.24. The van der Waals surface area contributed by atoms with Gasteiger partial charge in [0.2, 0.25) is 10.0 Å². The molecule has 2 N–H and O–H groups in total. The molecular weight excluding hydrogens is 304 g/mol. The molecule has 4 nitrogen and oxygen atoms in total. The number of hydrogen-bond donors (Lipinski definition) is 2. The molecule has 8 heteroatoms. The van der Waals surface area contributed by atoms with Gasteiger partial charge in [-0.3, -0.25) is 0 Å². The van der Waals surface area contributed by atoms with E-state index in [-0.39, 0.29) is 11.6 Å². The molecule has 0 spiro atoms. The molecule has 0 aliphatic carbocycles. The lowest BCUT2D eigenvalue weighted by Gasteiger charge is -2.18. The van der Waals surface area contributed by atoms with E-state index in [0.717, 1.165) is 12.1 Å². The first-order valence-electron chi connectivity index (χ1n) is 4.90. The smallest absolute Gasteiger partial charge is 0.242 e. The van der Waals surface area contributed by atoms with Crippen molar-refractivity contribution in [1.82, 2.24) is 4.72 Å². The van der Waals surface area contributed by atoms with Crippen molar-refractivity contribution >= 4 is 33.2 Å². The van der Waals surface area contributed by atoms with Crippen molar-refractivity contribution in [2.24, 2.45) is 0 Å². The van der Waals surface area contributed by atoms with Crippen molar-refractivity contribution in [2.45, 2.75) is 24.3 Å². The molecule has 1 aromatic carbocycles. The second kappa shape index (κ2) is 5.30. The lowest BCUT2D eigenvalue weighted by Crippen LogP contribution is -2.38. The van der Waals surface area contributed by atoms with Crippen LogP contribution in [0.2, 0.25) is 10.0 Å². The number of halogens is 3. The molecule has 18 heavy (non-hydrogen) atoms. The molecule has 0 radical (unpaired) electrons. The molecule has 0 saturated carbocycles. The van der Waals surface area contributed by atoms with E-state index in [4.69, 9.17) is 23.2 Å². The van der Waals surface area contributed by atoms with Crippen LogP contribution in [0.5, 0.6) is 0 Å². The highest BCUT2D eigenvalue weighted by atomic mass is 35.5. The van der Waals surface area contributed by atoms with E-state index in [0.29, 0.717) is 0 Å². The van der Waals surface area contributed by atoms with Crippen LogP contribution in [0.3, 0.4) is 0 Å². The standard InChI is InChI=1S/C10H12Cl2FNO3S/c1-10(2,15)5-14-18(16,17)7-4-3-6(11)9(13)8(7)12/h3-4,14-15H,5H2,1-2H3. The minimum atomic E-state index is -4.00. The number of hydrogen-bond acceptors (Lipinski definition) is 3. The Balaban J connectivity index is 3.11. The van der Waals surface area contributed by atoms with Gasteiger partial charge in [0.1, 0.15) is 4.90 Å². The maximum atomic E-state index is 13.4. The Kier molecular flexibility index (Phi) is 4.61. The predicted octanol–water partition coefficient (Wildman–Crippen LogP) is 2.18. The minimum absolute atomic E-state index is 0.226. The summed E-state index contributed by atoms with van der Waals surface area (Å²) in [6, 6.07) is 2.20. The summed E-state index contributed by atoms with van der Waals surface area (Å²) in [6.07, 6.45) is 0. The third kappa shape index (κ3) is 3.80. The van der Waals surface area contributed by atoms with Crippen LogP contribution in [0.4, 0.5) is 4.39 Å². The molecule has 0 heterocycles. The lowest BCUT2D eigenvalue weighted by molar-refractivity contribution is 0.0857. The summed E-state index contributed by atoms with van der Waals surface area (Å²) in [4.78, 5) is -0.421. The summed E-state index contributed by atoms with van der Waals surface area (Å²) in [5.41, 5.74) is -1.23. The fraction of sp³-hybridized carbons (Fsp3) is 0.400. The van der Waals surface area contributed by atoms with Crippen molar-refractivity contribution in [1.29, 1.82) is 0 Å². The Hall–Kier alpha value is -0.400. The zero-order valence-electron chi connectivity index (χ0n) is 9.67. The quantitative estimate of drug-likeness (QED) is 0.837. The van der Waals surface area contributed by atoms with Gasteiger partial charge in [-0.25, -0.2) is 17.5 Å². The molecule has 102 valence electrons. The van der Waals surface area contributed by atoms with Gasteiger partial charge in [-0.15, -0.1) is 0 Å². The van der Waals surface area contributed by atoms with Crippen molar-refractivity contribution in [2.75, 3.05) is 6.54 Å². The second-order valence-electron chi connectivity index (χ2n) is 4.31. The molecular formula is C10H12Cl2FNO3S. The minimum Gasteiger partial charge on any atom is -0.389 e. The fourth-order valence-electron chi connectivity index (χ4n) is 1.07. The van der Waals surface area contributed by atoms with Gasteiger partial charge in [0.25, 0.3) is 0 Å². The van der Waals surface area contributed by atoms with Gasteiger partial charge in [-0.05, 0) is 26.0 Å². The van der Waals surface area contributed by atoms with Crippen LogP contribution in [0.1, 0.15) is 13.8 Å². The zero-order chi connectivity index (χ0) is 14.1. The predicted molar refractivity (Wildman–Crippen MR) is 67.9 cm³/mol. The number of benzene rings is 1. The second-order valence-corrected chi connectivity index (χ2v) is 6.83. The topological polar surface area (TPSA) is 66.4 Å². The van der Waals surface area contributed by atoms with Crippen molar-refractivity contribution in [3.63, 3.8) is 0 Å². The van der Waals surface area contributed by atoms with Crippen LogP contribution in [0.15, 0.2) is 17.0 Å². The number of rotatable bonds is 4. The summed E-state index contributed by atoms with van der Waals surface area (Å²) in [5.74, 6) is -0.996. The summed E-state index contributed by atoms with van der Waals surface area (Å²) in [7, 11) is -4.00. The third-order valence-electron chi connectivity index (χ3n) is 1.98. The van der Waals surface area contributed by atoms with Crippen LogP contribution in [0.25, 0.3) is 0 Å². The van der Waals surface area contributed by atoms with Crippen molar-refractivity contribution in [3.8, 4) is 0 Å². The van der Waals surface area contributed by atoms with E-state index in [1.807, 2.05) is 0 Å². The summed E-state index contributed by atoms with van der Waals surface area (Å²) >= 11 is 11.1. The van der Waals surface area contributed by atoms with E-state index in [1.54, 1.807) is 0 Å². The molecule has 0 bridgehead atoms. The largest absolute Gasteiger partial charge is 0.389 e. The molecule has 0 amide bonds. The lowest BCUT2D eigenvalue weighted by atomic mass is 10.1. The molecule has 0 fully saturated rings. The highest BCUT2D eigenvalue weighted by molar-refractivity contribution is 7.89. The Morgan fingerprint density at radius 2 is 1.94 bits per heavy atom. The highest BCUT2D eigenvalue weighted by Crippen LogP contribution is 2.29. The maximum Gasteiger partial charge on any atom is 0.242 e.